The molecule has 0 amide bonds. The molecule has 0 aromatic heterocycles. The van der Waals surface area contributed by atoms with Crippen LogP contribution in [0.2, 0.25) is 0 Å². The molecule has 22 heavy (non-hydrogen) atoms. The predicted molar refractivity (Wildman–Crippen MR) is 85.7 cm³/mol. The minimum atomic E-state index is 0.325. The van der Waals surface area contributed by atoms with Crippen LogP contribution >= 0.6 is 0 Å². The van der Waals surface area contributed by atoms with Gasteiger partial charge in [-0.15, -0.1) is 0 Å². The molecule has 1 unspecified atom stereocenters. The highest BCUT2D eigenvalue weighted by molar-refractivity contribution is 5.58. The van der Waals surface area contributed by atoms with E-state index in [1.54, 1.807) is 0 Å². The summed E-state index contributed by atoms with van der Waals surface area (Å²) in [5.74, 6) is 1.95. The highest BCUT2D eigenvalue weighted by atomic mass is 16.5. The first-order chi connectivity index (χ1) is 10.8. The lowest BCUT2D eigenvalue weighted by Gasteiger charge is -2.56. The number of benzene rings is 1. The lowest BCUT2D eigenvalue weighted by atomic mass is 9.52. The van der Waals surface area contributed by atoms with Crippen LogP contribution in [0.1, 0.15) is 55.2 Å². The summed E-state index contributed by atoms with van der Waals surface area (Å²) < 4.78 is 5.81. The fourth-order valence-electron chi connectivity index (χ4n) is 5.96. The molecule has 5 rings (SSSR count). The van der Waals surface area contributed by atoms with E-state index in [2.05, 4.69) is 11.4 Å². The smallest absolute Gasteiger partial charge is 0.164 e. The van der Waals surface area contributed by atoms with E-state index in [1.807, 2.05) is 0 Å². The quantitative estimate of drug-likeness (QED) is 0.773. The van der Waals surface area contributed by atoms with Crippen LogP contribution in [-0.2, 0) is 18.3 Å². The number of nitrogens with one attached hydrogen (secondary N) is 1. The molecule has 3 atom stereocenters. The molecule has 3 nitrogen and oxygen atoms in total. The number of phenols is 1. The molecule has 2 aliphatic heterocycles. The number of phenolic OH excluding ortho intramolecular Hbond substituents is 1. The van der Waals surface area contributed by atoms with Gasteiger partial charge in [0, 0.05) is 17.0 Å². The second-order valence-corrected chi connectivity index (χ2v) is 7.70. The van der Waals surface area contributed by atoms with Crippen molar-refractivity contribution in [3.8, 4) is 11.5 Å². The maximum Gasteiger partial charge on any atom is 0.164 e. The fourth-order valence-corrected chi connectivity index (χ4v) is 5.96. The molecule has 1 saturated heterocycles. The zero-order chi connectivity index (χ0) is 14.7. The van der Waals surface area contributed by atoms with Gasteiger partial charge in [0.15, 0.2) is 11.5 Å². The van der Waals surface area contributed by atoms with Crippen molar-refractivity contribution in [2.24, 2.45) is 5.92 Å². The molecule has 1 aromatic rings. The Hall–Kier alpha value is -1.22. The topological polar surface area (TPSA) is 41.5 Å². The van der Waals surface area contributed by atoms with Gasteiger partial charge in [0.25, 0.3) is 0 Å². The minimum absolute atomic E-state index is 0.325. The van der Waals surface area contributed by atoms with Gasteiger partial charge in [-0.2, -0.15) is 0 Å². The number of fused-ring (bicyclic) bond motifs is 3. The summed E-state index contributed by atoms with van der Waals surface area (Å²) >= 11 is 0. The number of piperidine rings is 1. The van der Waals surface area contributed by atoms with Crippen molar-refractivity contribution in [1.29, 1.82) is 0 Å². The van der Waals surface area contributed by atoms with Gasteiger partial charge in [-0.1, -0.05) is 12.8 Å². The van der Waals surface area contributed by atoms with Gasteiger partial charge >= 0.3 is 0 Å². The van der Waals surface area contributed by atoms with Crippen molar-refractivity contribution in [3.63, 3.8) is 0 Å². The van der Waals surface area contributed by atoms with Crippen LogP contribution in [0, 0.1) is 5.92 Å². The average molecular weight is 299 g/mol. The van der Waals surface area contributed by atoms with E-state index in [1.165, 1.54) is 48.8 Å². The summed E-state index contributed by atoms with van der Waals surface area (Å²) in [5, 5.41) is 14.4. The SMILES string of the molecule is Oc1cc2c(c3c1OCCC3)C[C@@H]1NCC[C@]23CCCCC13. The largest absolute Gasteiger partial charge is 0.504 e. The second kappa shape index (κ2) is 4.64. The normalized spacial score (nSPS) is 35.8. The van der Waals surface area contributed by atoms with Gasteiger partial charge in [-0.05, 0) is 68.2 Å². The highest BCUT2D eigenvalue weighted by Crippen LogP contribution is 2.56. The maximum absolute atomic E-state index is 10.6. The lowest BCUT2D eigenvalue weighted by molar-refractivity contribution is 0.0787. The van der Waals surface area contributed by atoms with Crippen LogP contribution in [-0.4, -0.2) is 24.3 Å². The summed E-state index contributed by atoms with van der Waals surface area (Å²) in [5.41, 5.74) is 4.64. The van der Waals surface area contributed by atoms with Gasteiger partial charge in [0.2, 0.25) is 0 Å². The summed E-state index contributed by atoms with van der Waals surface area (Å²) in [7, 11) is 0. The van der Waals surface area contributed by atoms with Crippen molar-refractivity contribution in [2.45, 2.75) is 62.8 Å². The molecule has 4 aliphatic rings. The van der Waals surface area contributed by atoms with E-state index < -0.39 is 0 Å². The molecule has 2 heterocycles. The second-order valence-electron chi connectivity index (χ2n) is 7.70. The Balaban J connectivity index is 1.75. The molecule has 2 aliphatic carbocycles. The van der Waals surface area contributed by atoms with Crippen molar-refractivity contribution in [2.75, 3.05) is 13.2 Å². The zero-order valence-electron chi connectivity index (χ0n) is 13.2. The van der Waals surface area contributed by atoms with E-state index in [4.69, 9.17) is 4.74 Å². The van der Waals surface area contributed by atoms with Gasteiger partial charge < -0.3 is 15.2 Å². The number of aromatic hydroxyl groups is 1. The molecule has 118 valence electrons. The number of rotatable bonds is 0. The first kappa shape index (κ1) is 13.2. The van der Waals surface area contributed by atoms with Crippen molar-refractivity contribution < 1.29 is 9.84 Å². The monoisotopic (exact) mass is 299 g/mol. The number of hydrogen-bond donors (Lipinski definition) is 2. The molecular weight excluding hydrogens is 274 g/mol. The first-order valence-electron chi connectivity index (χ1n) is 9.04. The molecule has 2 bridgehead atoms. The Bertz CT molecular complexity index is 622. The van der Waals surface area contributed by atoms with Gasteiger partial charge in [-0.3, -0.25) is 0 Å². The van der Waals surface area contributed by atoms with Crippen LogP contribution in [0.3, 0.4) is 0 Å². The predicted octanol–water partition coefficient (Wildman–Crippen LogP) is 3.06. The molecule has 1 saturated carbocycles. The van der Waals surface area contributed by atoms with Crippen LogP contribution in [0.15, 0.2) is 6.07 Å². The third kappa shape index (κ3) is 1.61. The molecule has 0 radical (unpaired) electrons. The third-order valence-corrected chi connectivity index (χ3v) is 6.82. The summed E-state index contributed by atoms with van der Waals surface area (Å²) in [6.07, 6.45) is 9.90. The molecular formula is C19H25NO2. The maximum atomic E-state index is 10.6. The van der Waals surface area contributed by atoms with Crippen molar-refractivity contribution >= 4 is 0 Å². The Labute approximate surface area is 132 Å². The van der Waals surface area contributed by atoms with E-state index >= 15 is 0 Å². The summed E-state index contributed by atoms with van der Waals surface area (Å²) in [6, 6.07) is 2.72. The van der Waals surface area contributed by atoms with Gasteiger partial charge in [0.1, 0.15) is 0 Å². The molecule has 0 spiro atoms. The van der Waals surface area contributed by atoms with Gasteiger partial charge in [-0.25, -0.2) is 0 Å². The van der Waals surface area contributed by atoms with Crippen molar-refractivity contribution in [1.82, 2.24) is 5.32 Å². The minimum Gasteiger partial charge on any atom is -0.504 e. The first-order valence-corrected chi connectivity index (χ1v) is 9.04. The molecule has 3 heteroatoms. The molecule has 1 aromatic carbocycles. The highest BCUT2D eigenvalue weighted by Gasteiger charge is 2.52. The Morgan fingerprint density at radius 2 is 2.14 bits per heavy atom. The Kier molecular flexibility index (Phi) is 2.79. The average Bonchev–Trinajstić information content (AvgIpc) is 2.56. The zero-order valence-corrected chi connectivity index (χ0v) is 13.2. The number of ether oxygens (including phenoxy) is 1. The lowest BCUT2D eigenvalue weighted by Crippen LogP contribution is -2.59. The van der Waals surface area contributed by atoms with Crippen LogP contribution in [0.5, 0.6) is 11.5 Å². The number of hydrogen-bond acceptors (Lipinski definition) is 3. The van der Waals surface area contributed by atoms with E-state index in [0.29, 0.717) is 17.2 Å². The third-order valence-electron chi connectivity index (χ3n) is 6.82. The molecule has 2 fully saturated rings. The van der Waals surface area contributed by atoms with Crippen molar-refractivity contribution in [3.05, 3.63) is 22.8 Å². The van der Waals surface area contributed by atoms with E-state index in [9.17, 15) is 5.11 Å². The van der Waals surface area contributed by atoms with E-state index in [0.717, 1.165) is 44.1 Å². The van der Waals surface area contributed by atoms with Crippen LogP contribution < -0.4 is 10.1 Å². The Morgan fingerprint density at radius 3 is 3.09 bits per heavy atom. The summed E-state index contributed by atoms with van der Waals surface area (Å²) in [6.45, 7) is 1.88. The van der Waals surface area contributed by atoms with Crippen LogP contribution in [0.4, 0.5) is 0 Å². The molecule has 2 N–H and O–H groups in total. The Morgan fingerprint density at radius 1 is 1.18 bits per heavy atom. The summed E-state index contributed by atoms with van der Waals surface area (Å²) in [4.78, 5) is 0. The van der Waals surface area contributed by atoms with Crippen LogP contribution in [0.25, 0.3) is 0 Å². The standard InChI is InChI=1S/C19H25NO2/c21-17-11-15-13(12-4-3-9-22-18(12)17)10-16-14-5-1-2-6-19(14,15)7-8-20-16/h11,14,16,20-21H,1-10H2/t14?,16-,19-/m0/s1. The fraction of sp³-hybridized carbons (Fsp3) is 0.684. The van der Waals surface area contributed by atoms with E-state index in [-0.39, 0.29) is 0 Å². The van der Waals surface area contributed by atoms with Gasteiger partial charge in [0.05, 0.1) is 6.61 Å².